The van der Waals surface area contributed by atoms with E-state index in [0.717, 1.165) is 21.3 Å². The van der Waals surface area contributed by atoms with E-state index in [1.165, 1.54) is 10.9 Å². The molecule has 0 saturated heterocycles. The predicted molar refractivity (Wildman–Crippen MR) is 116 cm³/mol. The average Bonchev–Trinajstić information content (AvgIpc) is 2.96. The van der Waals surface area contributed by atoms with E-state index >= 15 is 0 Å². The number of ether oxygens (including phenoxy) is 1. The molecule has 1 amide bonds. The van der Waals surface area contributed by atoms with Crippen molar-refractivity contribution >= 4 is 28.1 Å². The lowest BCUT2D eigenvalue weighted by Crippen LogP contribution is -2.25. The molecule has 29 heavy (non-hydrogen) atoms. The number of H-pyrrole nitrogens is 1. The van der Waals surface area contributed by atoms with Gasteiger partial charge in [-0.3, -0.25) is 14.7 Å². The maximum absolute atomic E-state index is 12.6. The van der Waals surface area contributed by atoms with Crippen molar-refractivity contribution in [2.45, 2.75) is 20.8 Å². The standard InChI is InChI=1S/C21H21BrN4O3/c1-13-9-14(2)20(18(22)10-13)29-12-19(27)24-23-11-17-15(3)25-26(21(17)28)16-7-5-4-6-8-16/h4-11,25H,12H2,1-3H3,(H,24,27)/b23-11-. The monoisotopic (exact) mass is 456 g/mol. The zero-order chi connectivity index (χ0) is 21.0. The van der Waals surface area contributed by atoms with Gasteiger partial charge in [0, 0.05) is 5.69 Å². The van der Waals surface area contributed by atoms with Gasteiger partial charge in [-0.2, -0.15) is 5.10 Å². The molecular weight excluding hydrogens is 436 g/mol. The van der Waals surface area contributed by atoms with Gasteiger partial charge in [-0.1, -0.05) is 24.3 Å². The number of amides is 1. The molecule has 150 valence electrons. The Bertz CT molecular complexity index is 1090. The molecule has 2 N–H and O–H groups in total. The van der Waals surface area contributed by atoms with E-state index in [9.17, 15) is 9.59 Å². The van der Waals surface area contributed by atoms with Gasteiger partial charge in [-0.15, -0.1) is 0 Å². The van der Waals surface area contributed by atoms with Gasteiger partial charge in [0.2, 0.25) is 0 Å². The first-order valence-corrected chi connectivity index (χ1v) is 9.74. The van der Waals surface area contributed by atoms with E-state index in [-0.39, 0.29) is 12.2 Å². The number of aromatic nitrogens is 2. The normalized spacial score (nSPS) is 11.0. The number of benzene rings is 2. The third-order valence-electron chi connectivity index (χ3n) is 4.24. The first-order chi connectivity index (χ1) is 13.9. The molecular formula is C21H21BrN4O3. The minimum atomic E-state index is -0.426. The molecule has 0 aliphatic heterocycles. The van der Waals surface area contributed by atoms with Crippen LogP contribution in [0.2, 0.25) is 0 Å². The number of halogens is 1. The number of aromatic amines is 1. The Kier molecular flexibility index (Phi) is 6.33. The van der Waals surface area contributed by atoms with Crippen LogP contribution in [0, 0.1) is 20.8 Å². The van der Waals surface area contributed by atoms with Gasteiger partial charge in [-0.05, 0) is 66.0 Å². The van der Waals surface area contributed by atoms with Gasteiger partial charge in [-0.25, -0.2) is 10.1 Å². The Morgan fingerprint density at radius 3 is 2.66 bits per heavy atom. The number of aryl methyl sites for hydroxylation is 3. The quantitative estimate of drug-likeness (QED) is 0.440. The first kappa shape index (κ1) is 20.6. The van der Waals surface area contributed by atoms with E-state index in [4.69, 9.17) is 4.74 Å². The van der Waals surface area contributed by atoms with Crippen LogP contribution in [0.4, 0.5) is 0 Å². The molecule has 2 aromatic carbocycles. The minimum Gasteiger partial charge on any atom is -0.482 e. The topological polar surface area (TPSA) is 88.5 Å². The van der Waals surface area contributed by atoms with Gasteiger partial charge >= 0.3 is 0 Å². The number of hydrazone groups is 1. The van der Waals surface area contributed by atoms with Crippen molar-refractivity contribution in [2.75, 3.05) is 6.61 Å². The summed E-state index contributed by atoms with van der Waals surface area (Å²) in [5, 5.41) is 6.89. The van der Waals surface area contributed by atoms with Crippen molar-refractivity contribution in [3.05, 3.63) is 79.7 Å². The highest BCUT2D eigenvalue weighted by molar-refractivity contribution is 9.10. The van der Waals surface area contributed by atoms with Gasteiger partial charge in [0.25, 0.3) is 11.5 Å². The van der Waals surface area contributed by atoms with E-state index in [1.54, 1.807) is 6.92 Å². The molecule has 3 rings (SSSR count). The van der Waals surface area contributed by atoms with Crippen molar-refractivity contribution in [1.82, 2.24) is 15.2 Å². The Balaban J connectivity index is 1.64. The van der Waals surface area contributed by atoms with Crippen molar-refractivity contribution in [2.24, 2.45) is 5.10 Å². The zero-order valence-corrected chi connectivity index (χ0v) is 17.9. The summed E-state index contributed by atoms with van der Waals surface area (Å²) in [6.07, 6.45) is 1.33. The molecule has 0 spiro atoms. The van der Waals surface area contributed by atoms with Crippen LogP contribution in [-0.2, 0) is 4.79 Å². The number of carbonyl (C=O) groups excluding carboxylic acids is 1. The molecule has 0 radical (unpaired) electrons. The van der Waals surface area contributed by atoms with E-state index in [2.05, 4.69) is 31.6 Å². The summed E-state index contributed by atoms with van der Waals surface area (Å²) in [4.78, 5) is 24.6. The summed E-state index contributed by atoms with van der Waals surface area (Å²) in [6.45, 7) is 5.47. The second kappa shape index (κ2) is 8.91. The van der Waals surface area contributed by atoms with Crippen molar-refractivity contribution in [3.8, 4) is 11.4 Å². The van der Waals surface area contributed by atoms with Crippen LogP contribution in [-0.4, -0.2) is 28.5 Å². The number of carbonyl (C=O) groups is 1. The predicted octanol–water partition coefficient (Wildman–Crippen LogP) is 3.38. The van der Waals surface area contributed by atoms with Gasteiger partial charge in [0.1, 0.15) is 5.75 Å². The maximum atomic E-state index is 12.6. The fourth-order valence-electron chi connectivity index (χ4n) is 2.89. The fourth-order valence-corrected chi connectivity index (χ4v) is 3.68. The van der Waals surface area contributed by atoms with Crippen molar-refractivity contribution in [3.63, 3.8) is 0 Å². The summed E-state index contributed by atoms with van der Waals surface area (Å²) in [5.74, 6) is 0.187. The molecule has 0 aliphatic rings. The molecule has 0 unspecified atom stereocenters. The summed E-state index contributed by atoms with van der Waals surface area (Å²) in [6, 6.07) is 13.1. The van der Waals surface area contributed by atoms with E-state index in [0.29, 0.717) is 17.0 Å². The molecule has 1 heterocycles. The summed E-state index contributed by atoms with van der Waals surface area (Å²) >= 11 is 3.44. The molecule has 0 bridgehead atoms. The molecule has 0 atom stereocenters. The van der Waals surface area contributed by atoms with Gasteiger partial charge in [0.05, 0.1) is 21.9 Å². The minimum absolute atomic E-state index is 0.194. The highest BCUT2D eigenvalue weighted by atomic mass is 79.9. The van der Waals surface area contributed by atoms with Crippen LogP contribution in [0.5, 0.6) is 5.75 Å². The second-order valence-electron chi connectivity index (χ2n) is 6.60. The molecule has 7 nitrogen and oxygen atoms in total. The number of para-hydroxylation sites is 1. The Morgan fingerprint density at radius 1 is 1.24 bits per heavy atom. The summed E-state index contributed by atoms with van der Waals surface area (Å²) < 4.78 is 7.81. The fraction of sp³-hybridized carbons (Fsp3) is 0.190. The lowest BCUT2D eigenvalue weighted by atomic mass is 10.1. The van der Waals surface area contributed by atoms with Crippen LogP contribution < -0.4 is 15.7 Å². The number of nitrogens with one attached hydrogen (secondary N) is 2. The molecule has 1 aromatic heterocycles. The van der Waals surface area contributed by atoms with Crippen molar-refractivity contribution in [1.29, 1.82) is 0 Å². The second-order valence-corrected chi connectivity index (χ2v) is 7.46. The maximum Gasteiger partial charge on any atom is 0.280 e. The average molecular weight is 457 g/mol. The van der Waals surface area contributed by atoms with Crippen LogP contribution in [0.25, 0.3) is 5.69 Å². The number of nitrogens with zero attached hydrogens (tertiary/aromatic N) is 2. The molecule has 0 saturated carbocycles. The highest BCUT2D eigenvalue weighted by Crippen LogP contribution is 2.30. The molecule has 8 heteroatoms. The Labute approximate surface area is 176 Å². The number of hydrogen-bond donors (Lipinski definition) is 2. The lowest BCUT2D eigenvalue weighted by Gasteiger charge is -2.11. The largest absolute Gasteiger partial charge is 0.482 e. The molecule has 3 aromatic rings. The highest BCUT2D eigenvalue weighted by Gasteiger charge is 2.11. The summed E-state index contributed by atoms with van der Waals surface area (Å²) in [7, 11) is 0. The SMILES string of the molecule is Cc1cc(C)c(OCC(=O)N/N=C\c2c(C)[nH]n(-c3ccccc3)c2=O)c(Br)c1. The Morgan fingerprint density at radius 2 is 1.97 bits per heavy atom. The van der Waals surface area contributed by atoms with E-state index in [1.807, 2.05) is 56.3 Å². The molecule has 0 fully saturated rings. The number of hydrogen-bond acceptors (Lipinski definition) is 4. The molecule has 0 aliphatic carbocycles. The summed E-state index contributed by atoms with van der Waals surface area (Å²) in [5.41, 5.74) is 5.89. The zero-order valence-electron chi connectivity index (χ0n) is 16.3. The van der Waals surface area contributed by atoms with Crippen LogP contribution in [0.1, 0.15) is 22.4 Å². The van der Waals surface area contributed by atoms with Crippen molar-refractivity contribution < 1.29 is 9.53 Å². The van der Waals surface area contributed by atoms with Gasteiger partial charge < -0.3 is 4.74 Å². The number of rotatable bonds is 6. The smallest absolute Gasteiger partial charge is 0.280 e. The van der Waals surface area contributed by atoms with Crippen LogP contribution in [0.3, 0.4) is 0 Å². The first-order valence-electron chi connectivity index (χ1n) is 8.95. The third kappa shape index (κ3) is 4.83. The van der Waals surface area contributed by atoms with Crippen LogP contribution >= 0.6 is 15.9 Å². The Hall–Kier alpha value is -3.13. The van der Waals surface area contributed by atoms with E-state index < -0.39 is 5.91 Å². The van der Waals surface area contributed by atoms with Gasteiger partial charge in [0.15, 0.2) is 6.61 Å². The third-order valence-corrected chi connectivity index (χ3v) is 4.82. The lowest BCUT2D eigenvalue weighted by molar-refractivity contribution is -0.123. The van der Waals surface area contributed by atoms with Crippen LogP contribution in [0.15, 0.2) is 56.8 Å².